The van der Waals surface area contributed by atoms with Gasteiger partial charge in [-0.2, -0.15) is 0 Å². The van der Waals surface area contributed by atoms with E-state index in [2.05, 4.69) is 17.6 Å². The molecule has 4 nitrogen and oxygen atoms in total. The van der Waals surface area contributed by atoms with Gasteiger partial charge in [0.2, 0.25) is 0 Å². The van der Waals surface area contributed by atoms with Crippen molar-refractivity contribution in [2.24, 2.45) is 0 Å². The number of para-hydroxylation sites is 1. The number of nitrogens with one attached hydrogen (secondary N) is 2. The fourth-order valence-corrected chi connectivity index (χ4v) is 3.21. The molecule has 0 radical (unpaired) electrons. The van der Waals surface area contributed by atoms with Crippen LogP contribution in [0.25, 0.3) is 5.57 Å². The van der Waals surface area contributed by atoms with E-state index in [4.69, 9.17) is 14.9 Å². The molecule has 1 atom stereocenters. The molecule has 2 heterocycles. The smallest absolute Gasteiger partial charge is 0.127 e. The van der Waals surface area contributed by atoms with E-state index < -0.39 is 0 Å². The van der Waals surface area contributed by atoms with E-state index >= 15 is 0 Å². The molecule has 2 N–H and O–H groups in total. The van der Waals surface area contributed by atoms with Crippen molar-refractivity contribution >= 4 is 11.8 Å². The summed E-state index contributed by atoms with van der Waals surface area (Å²) in [4.78, 5) is 0. The quantitative estimate of drug-likeness (QED) is 0.821. The molecule has 1 spiro atoms. The average molecular weight is 296 g/mol. The van der Waals surface area contributed by atoms with E-state index in [1.54, 1.807) is 0 Å². The van der Waals surface area contributed by atoms with E-state index in [0.29, 0.717) is 6.61 Å². The molecule has 22 heavy (non-hydrogen) atoms. The molecule has 114 valence electrons. The first kappa shape index (κ1) is 13.6. The maximum Gasteiger partial charge on any atom is 0.127 e. The number of hydrogen-bond acceptors (Lipinski definition) is 4. The summed E-state index contributed by atoms with van der Waals surface area (Å²) in [6.45, 7) is 1.43. The zero-order chi connectivity index (χ0) is 15.0. The van der Waals surface area contributed by atoms with Gasteiger partial charge in [-0.25, -0.2) is 0 Å². The Labute approximate surface area is 130 Å². The van der Waals surface area contributed by atoms with Gasteiger partial charge < -0.3 is 20.2 Å². The van der Waals surface area contributed by atoms with Crippen molar-refractivity contribution in [3.05, 3.63) is 47.7 Å². The van der Waals surface area contributed by atoms with Crippen LogP contribution in [-0.4, -0.2) is 31.1 Å². The second kappa shape index (κ2) is 5.29. The van der Waals surface area contributed by atoms with Gasteiger partial charge in [-0.1, -0.05) is 18.2 Å². The van der Waals surface area contributed by atoms with E-state index in [1.165, 1.54) is 24.6 Å². The van der Waals surface area contributed by atoms with Gasteiger partial charge >= 0.3 is 0 Å². The van der Waals surface area contributed by atoms with E-state index in [9.17, 15) is 0 Å². The zero-order valence-electron chi connectivity index (χ0n) is 12.5. The van der Waals surface area contributed by atoms with Crippen molar-refractivity contribution in [1.29, 1.82) is 5.41 Å². The van der Waals surface area contributed by atoms with Crippen molar-refractivity contribution < 1.29 is 9.47 Å². The van der Waals surface area contributed by atoms with Crippen LogP contribution in [0.15, 0.2) is 42.1 Å². The predicted octanol–water partition coefficient (Wildman–Crippen LogP) is 2.91. The van der Waals surface area contributed by atoms with Gasteiger partial charge in [0.05, 0.1) is 18.8 Å². The Bertz CT molecular complexity index is 653. The normalized spacial score (nSPS) is 25.2. The molecule has 1 aliphatic carbocycles. The summed E-state index contributed by atoms with van der Waals surface area (Å²) in [6.07, 6.45) is 8.72. The van der Waals surface area contributed by atoms with E-state index in [1.807, 2.05) is 24.3 Å². The fourth-order valence-electron chi connectivity index (χ4n) is 3.21. The molecule has 1 aromatic carbocycles. The Hall–Kier alpha value is -2.07. The first-order chi connectivity index (χ1) is 10.8. The number of ether oxygens (including phenoxy) is 2. The number of rotatable bonds is 5. The maximum atomic E-state index is 7.51. The van der Waals surface area contributed by atoms with Gasteiger partial charge in [-0.05, 0) is 30.6 Å². The molecule has 1 aromatic rings. The Morgan fingerprint density at radius 3 is 2.86 bits per heavy atom. The molecular formula is C18H20N2O2. The van der Waals surface area contributed by atoms with Gasteiger partial charge in [0.1, 0.15) is 11.9 Å². The summed E-state index contributed by atoms with van der Waals surface area (Å²) in [5.74, 6) is 0.884. The minimum Gasteiger partial charge on any atom is -0.487 e. The minimum absolute atomic E-state index is 0.130. The van der Waals surface area contributed by atoms with Crippen LogP contribution in [0.1, 0.15) is 24.8 Å². The lowest BCUT2D eigenvalue weighted by Gasteiger charge is -2.32. The first-order valence-electron chi connectivity index (χ1n) is 7.86. The van der Waals surface area contributed by atoms with Crippen LogP contribution in [0.5, 0.6) is 5.75 Å². The summed E-state index contributed by atoms with van der Waals surface area (Å²) in [7, 11) is 0. The molecule has 0 amide bonds. The highest BCUT2D eigenvalue weighted by Crippen LogP contribution is 2.52. The molecule has 1 unspecified atom stereocenters. The summed E-state index contributed by atoms with van der Waals surface area (Å²) >= 11 is 0. The molecule has 1 saturated heterocycles. The lowest BCUT2D eigenvalue weighted by Crippen LogP contribution is -2.39. The highest BCUT2D eigenvalue weighted by molar-refractivity contribution is 5.94. The van der Waals surface area contributed by atoms with Crippen molar-refractivity contribution in [2.75, 3.05) is 13.2 Å². The van der Waals surface area contributed by atoms with Crippen molar-refractivity contribution in [3.8, 4) is 5.75 Å². The molecule has 4 rings (SSSR count). The average Bonchev–Trinajstić information content (AvgIpc) is 3.21. The van der Waals surface area contributed by atoms with E-state index in [0.717, 1.165) is 29.9 Å². The lowest BCUT2D eigenvalue weighted by molar-refractivity contribution is 0.141. The van der Waals surface area contributed by atoms with Gasteiger partial charge in [-0.15, -0.1) is 0 Å². The molecule has 3 aliphatic rings. The SMILES string of the molecule is N=C/C=C(\C1=CNC12CC2)c1ccccc1OC1CCOC1. The molecule has 0 aromatic heterocycles. The maximum absolute atomic E-state index is 7.51. The summed E-state index contributed by atoms with van der Waals surface area (Å²) in [6, 6.07) is 8.11. The molecule has 0 bridgehead atoms. The molecule has 2 aliphatic heterocycles. The fraction of sp³-hybridized carbons (Fsp3) is 0.389. The first-order valence-corrected chi connectivity index (χ1v) is 7.86. The molecule has 4 heteroatoms. The minimum atomic E-state index is 0.130. The van der Waals surface area contributed by atoms with Crippen LogP contribution in [0, 0.1) is 5.41 Å². The Kier molecular flexibility index (Phi) is 3.26. The van der Waals surface area contributed by atoms with Crippen LogP contribution in [0.4, 0.5) is 0 Å². The van der Waals surface area contributed by atoms with Crippen molar-refractivity contribution in [1.82, 2.24) is 5.32 Å². The van der Waals surface area contributed by atoms with E-state index in [-0.39, 0.29) is 11.6 Å². The molecular weight excluding hydrogens is 276 g/mol. The van der Waals surface area contributed by atoms with Crippen molar-refractivity contribution in [3.63, 3.8) is 0 Å². The number of hydrogen-bond donors (Lipinski definition) is 2. The Balaban J connectivity index is 1.67. The third-order valence-corrected chi connectivity index (χ3v) is 4.66. The zero-order valence-corrected chi connectivity index (χ0v) is 12.5. The summed E-state index contributed by atoms with van der Waals surface area (Å²) in [5, 5.41) is 10.9. The topological polar surface area (TPSA) is 54.3 Å². The number of benzene rings is 1. The third kappa shape index (κ3) is 2.24. The van der Waals surface area contributed by atoms with Crippen LogP contribution in [0.2, 0.25) is 0 Å². The Morgan fingerprint density at radius 1 is 1.36 bits per heavy atom. The van der Waals surface area contributed by atoms with Crippen LogP contribution in [-0.2, 0) is 4.74 Å². The lowest BCUT2D eigenvalue weighted by atomic mass is 9.87. The molecule has 2 fully saturated rings. The number of allylic oxidation sites excluding steroid dienone is 1. The van der Waals surface area contributed by atoms with Crippen molar-refractivity contribution in [2.45, 2.75) is 30.9 Å². The van der Waals surface area contributed by atoms with Crippen LogP contribution in [0.3, 0.4) is 0 Å². The molecule has 1 saturated carbocycles. The second-order valence-electron chi connectivity index (χ2n) is 6.13. The van der Waals surface area contributed by atoms with Gasteiger partial charge in [0.25, 0.3) is 0 Å². The largest absolute Gasteiger partial charge is 0.487 e. The standard InChI is InChI=1S/C18H20N2O2/c19-9-5-14(16-11-20-18(16)7-8-18)15-3-1-2-4-17(15)22-13-6-10-21-12-13/h1-5,9,11,13,19-20H,6-8,10,12H2/b14-5-,19-9?. The predicted molar refractivity (Wildman–Crippen MR) is 86.2 cm³/mol. The highest BCUT2D eigenvalue weighted by Gasteiger charge is 2.51. The van der Waals surface area contributed by atoms with Gasteiger partial charge in [0.15, 0.2) is 0 Å². The third-order valence-electron chi connectivity index (χ3n) is 4.66. The Morgan fingerprint density at radius 2 is 2.23 bits per heavy atom. The monoisotopic (exact) mass is 296 g/mol. The van der Waals surface area contributed by atoms with Crippen LogP contribution < -0.4 is 10.1 Å². The van der Waals surface area contributed by atoms with Crippen LogP contribution >= 0.6 is 0 Å². The summed E-state index contributed by atoms with van der Waals surface area (Å²) < 4.78 is 11.6. The second-order valence-corrected chi connectivity index (χ2v) is 6.13. The highest BCUT2D eigenvalue weighted by atomic mass is 16.5. The van der Waals surface area contributed by atoms with Gasteiger partial charge in [-0.3, -0.25) is 0 Å². The summed E-state index contributed by atoms with van der Waals surface area (Å²) in [5.41, 5.74) is 3.63. The van der Waals surface area contributed by atoms with Gasteiger partial charge in [0, 0.05) is 30.0 Å².